The standard InChI is InChI=1S/C7H6Ge2/c1-5-3-2-4-6(8)7(5)9/h2-4H,1H3. The Labute approximate surface area is 72.5 Å². The molecule has 0 spiro atoms. The van der Waals surface area contributed by atoms with Gasteiger partial charge in [-0.3, -0.25) is 0 Å². The first-order valence-electron chi connectivity index (χ1n) is 2.74. The Hall–Kier alpha value is 0.306. The van der Waals surface area contributed by atoms with E-state index in [0.717, 1.165) is 0 Å². The van der Waals surface area contributed by atoms with Gasteiger partial charge in [0, 0.05) is 0 Å². The van der Waals surface area contributed by atoms with Crippen LogP contribution in [0.3, 0.4) is 0 Å². The van der Waals surface area contributed by atoms with Crippen LogP contribution in [0.2, 0.25) is 0 Å². The topological polar surface area (TPSA) is 0 Å². The number of benzene rings is 1. The summed E-state index contributed by atoms with van der Waals surface area (Å²) in [5.41, 5.74) is 1.38. The number of hydrogen-bond acceptors (Lipinski definition) is 0. The quantitative estimate of drug-likeness (QED) is 0.536. The SMILES string of the molecule is Cc1ccc[c]([Ge])[c]1[Ge]. The molecule has 0 saturated carbocycles. The predicted molar refractivity (Wildman–Crippen MR) is 42.0 cm³/mol. The zero-order valence-electron chi connectivity index (χ0n) is 5.23. The summed E-state index contributed by atoms with van der Waals surface area (Å²) in [5, 5.41) is 0. The first kappa shape index (κ1) is 7.41. The van der Waals surface area contributed by atoms with Crippen LogP contribution in [0.25, 0.3) is 0 Å². The molecule has 2 heteroatoms. The molecule has 0 heterocycles. The molecule has 0 nitrogen and oxygen atoms in total. The molecule has 9 heavy (non-hydrogen) atoms. The summed E-state index contributed by atoms with van der Waals surface area (Å²) in [7, 11) is 0. The van der Waals surface area contributed by atoms with E-state index in [9.17, 15) is 0 Å². The van der Waals surface area contributed by atoms with E-state index in [1.807, 2.05) is 0 Å². The third-order valence-electron chi connectivity index (χ3n) is 1.27. The Balaban J connectivity index is 3.25. The van der Waals surface area contributed by atoms with Crippen LogP contribution in [0.1, 0.15) is 5.56 Å². The van der Waals surface area contributed by atoms with Gasteiger partial charge in [-0.25, -0.2) is 0 Å². The molecule has 0 aliphatic carbocycles. The minimum atomic E-state index is 1.38. The van der Waals surface area contributed by atoms with Crippen molar-refractivity contribution in [3.05, 3.63) is 23.8 Å². The molecule has 42 valence electrons. The molecular weight excluding hydrogens is 229 g/mol. The maximum atomic E-state index is 2.16. The molecule has 6 radical (unpaired) electrons. The van der Waals surface area contributed by atoms with Crippen molar-refractivity contribution in [2.45, 2.75) is 6.92 Å². The van der Waals surface area contributed by atoms with E-state index in [2.05, 4.69) is 58.2 Å². The average Bonchev–Trinajstić information content (AvgIpc) is 1.83. The summed E-state index contributed by atoms with van der Waals surface area (Å²) in [6.07, 6.45) is 0. The Morgan fingerprint density at radius 3 is 2.33 bits per heavy atom. The summed E-state index contributed by atoms with van der Waals surface area (Å²) in [4.78, 5) is 0. The Morgan fingerprint density at radius 1 is 1.22 bits per heavy atom. The molecule has 0 fully saturated rings. The van der Waals surface area contributed by atoms with Gasteiger partial charge in [-0.05, 0) is 0 Å². The molecule has 0 aliphatic rings. The van der Waals surface area contributed by atoms with Gasteiger partial charge in [0.1, 0.15) is 0 Å². The van der Waals surface area contributed by atoms with E-state index < -0.39 is 0 Å². The second-order valence-electron chi connectivity index (χ2n) is 2.00. The fraction of sp³-hybridized carbons (Fsp3) is 0.143. The second kappa shape index (κ2) is 2.93. The first-order chi connectivity index (χ1) is 4.22. The van der Waals surface area contributed by atoms with E-state index in [4.69, 9.17) is 0 Å². The van der Waals surface area contributed by atoms with Crippen molar-refractivity contribution in [3.8, 4) is 0 Å². The summed E-state index contributed by atoms with van der Waals surface area (Å²) in [6.45, 7) is 2.14. The average molecular weight is 235 g/mol. The van der Waals surface area contributed by atoms with Gasteiger partial charge in [-0.2, -0.15) is 0 Å². The molecule has 0 bridgehead atoms. The van der Waals surface area contributed by atoms with E-state index >= 15 is 0 Å². The zero-order valence-corrected chi connectivity index (χ0v) is 9.43. The molecule has 0 saturated heterocycles. The van der Waals surface area contributed by atoms with Crippen molar-refractivity contribution in [1.29, 1.82) is 0 Å². The third-order valence-corrected chi connectivity index (χ3v) is 4.64. The van der Waals surface area contributed by atoms with Crippen molar-refractivity contribution in [1.82, 2.24) is 0 Å². The van der Waals surface area contributed by atoms with Crippen LogP contribution in [0.5, 0.6) is 0 Å². The van der Waals surface area contributed by atoms with Gasteiger partial charge in [0.25, 0.3) is 0 Å². The monoisotopic (exact) mass is 238 g/mol. The fourth-order valence-corrected chi connectivity index (χ4v) is 1.63. The van der Waals surface area contributed by atoms with Crippen molar-refractivity contribution in [2.75, 3.05) is 0 Å². The van der Waals surface area contributed by atoms with Gasteiger partial charge in [0.2, 0.25) is 0 Å². The van der Waals surface area contributed by atoms with Gasteiger partial charge in [0.15, 0.2) is 0 Å². The van der Waals surface area contributed by atoms with Crippen LogP contribution in [0.4, 0.5) is 0 Å². The van der Waals surface area contributed by atoms with Crippen LogP contribution in [-0.4, -0.2) is 33.0 Å². The first-order valence-corrected chi connectivity index (χ1v) is 4.84. The van der Waals surface area contributed by atoms with E-state index in [0.29, 0.717) is 0 Å². The van der Waals surface area contributed by atoms with Crippen LogP contribution in [0.15, 0.2) is 18.2 Å². The number of hydrogen-bond donors (Lipinski definition) is 0. The number of rotatable bonds is 0. The van der Waals surface area contributed by atoms with Gasteiger partial charge >= 0.3 is 72.5 Å². The van der Waals surface area contributed by atoms with Gasteiger partial charge in [-0.15, -0.1) is 0 Å². The molecule has 1 aromatic rings. The molecule has 0 aliphatic heterocycles. The maximum absolute atomic E-state index is 2.16. The van der Waals surface area contributed by atoms with Crippen molar-refractivity contribution < 1.29 is 0 Å². The normalized spacial score (nSPS) is 9.67. The zero-order chi connectivity index (χ0) is 6.85. The fourth-order valence-electron chi connectivity index (χ4n) is 0.668. The molecule has 0 atom stereocenters. The van der Waals surface area contributed by atoms with Crippen LogP contribution in [0, 0.1) is 6.92 Å². The number of aryl methyl sites for hydroxylation is 1. The molecule has 0 aromatic heterocycles. The van der Waals surface area contributed by atoms with E-state index in [1.165, 1.54) is 14.4 Å². The molecule has 1 aromatic carbocycles. The Bertz CT molecular complexity index is 198. The Morgan fingerprint density at radius 2 is 1.89 bits per heavy atom. The summed E-state index contributed by atoms with van der Waals surface area (Å²) < 4.78 is 2.80. The van der Waals surface area contributed by atoms with Crippen molar-refractivity contribution in [3.63, 3.8) is 0 Å². The summed E-state index contributed by atoms with van der Waals surface area (Å²) >= 11 is 4.30. The molecule has 0 amide bonds. The summed E-state index contributed by atoms with van der Waals surface area (Å²) in [6, 6.07) is 6.38. The minimum absolute atomic E-state index is 1.38. The van der Waals surface area contributed by atoms with Gasteiger partial charge in [-0.1, -0.05) is 0 Å². The molecule has 0 N–H and O–H groups in total. The molecular formula is C7H6Ge2. The Kier molecular flexibility index (Phi) is 2.41. The third kappa shape index (κ3) is 1.61. The van der Waals surface area contributed by atoms with Gasteiger partial charge in [0.05, 0.1) is 0 Å². The predicted octanol–water partition coefficient (Wildman–Crippen LogP) is -0.417. The molecule has 0 unspecified atom stereocenters. The van der Waals surface area contributed by atoms with Crippen LogP contribution < -0.4 is 8.79 Å². The van der Waals surface area contributed by atoms with Crippen LogP contribution in [-0.2, 0) is 0 Å². The molecule has 1 rings (SSSR count). The van der Waals surface area contributed by atoms with Gasteiger partial charge < -0.3 is 0 Å². The van der Waals surface area contributed by atoms with Crippen molar-refractivity contribution >= 4 is 41.8 Å². The second-order valence-corrected chi connectivity index (χ2v) is 4.18. The van der Waals surface area contributed by atoms with E-state index in [1.54, 1.807) is 0 Å². The summed E-state index contributed by atoms with van der Waals surface area (Å²) in [5.74, 6) is 0. The van der Waals surface area contributed by atoms with Crippen LogP contribution >= 0.6 is 0 Å². The van der Waals surface area contributed by atoms with E-state index in [-0.39, 0.29) is 0 Å². The van der Waals surface area contributed by atoms with Crippen molar-refractivity contribution in [2.24, 2.45) is 0 Å².